The molecule has 0 saturated carbocycles. The van der Waals surface area contributed by atoms with Crippen LogP contribution in [0.4, 0.5) is 0 Å². The summed E-state index contributed by atoms with van der Waals surface area (Å²) in [7, 11) is 1.36. The third-order valence-corrected chi connectivity index (χ3v) is 3.31. The molecule has 0 aliphatic rings. The van der Waals surface area contributed by atoms with Gasteiger partial charge in [0.05, 0.1) is 18.7 Å². The molecule has 0 amide bonds. The fraction of sp³-hybridized carbons (Fsp3) is 0.500. The quantitative estimate of drug-likeness (QED) is 0.585. The topological polar surface area (TPSA) is 70.3 Å². The SMILES string of the molecule is COC(=O)c1ccc(CC(CO)CCCCC#N)cc1. The number of nitrogens with zero attached hydrogens (tertiary/aromatic N) is 1. The predicted octanol–water partition coefficient (Wildman–Crippen LogP) is 2.71. The number of benzene rings is 1. The molecule has 1 aromatic rings. The lowest BCUT2D eigenvalue weighted by atomic mass is 9.94. The zero-order valence-electron chi connectivity index (χ0n) is 11.8. The lowest BCUT2D eigenvalue weighted by Crippen LogP contribution is -2.10. The number of rotatable bonds is 8. The van der Waals surface area contributed by atoms with E-state index in [1.807, 2.05) is 12.1 Å². The van der Waals surface area contributed by atoms with Gasteiger partial charge in [-0.05, 0) is 42.9 Å². The lowest BCUT2D eigenvalue weighted by molar-refractivity contribution is 0.0600. The molecule has 0 spiro atoms. The van der Waals surface area contributed by atoms with Crippen LogP contribution in [-0.2, 0) is 11.2 Å². The van der Waals surface area contributed by atoms with Gasteiger partial charge in [-0.2, -0.15) is 5.26 Å². The molecular formula is C16H21NO3. The second-order valence-electron chi connectivity index (χ2n) is 4.85. The number of ether oxygens (including phenoxy) is 1. The van der Waals surface area contributed by atoms with E-state index in [1.54, 1.807) is 12.1 Å². The number of aliphatic hydroxyl groups excluding tert-OH is 1. The van der Waals surface area contributed by atoms with Gasteiger partial charge in [0.15, 0.2) is 0 Å². The Hall–Kier alpha value is -1.86. The van der Waals surface area contributed by atoms with Gasteiger partial charge in [0.25, 0.3) is 0 Å². The molecule has 20 heavy (non-hydrogen) atoms. The summed E-state index contributed by atoms with van der Waals surface area (Å²) in [6, 6.07) is 9.39. The molecule has 4 heteroatoms. The molecule has 0 saturated heterocycles. The van der Waals surface area contributed by atoms with Crippen LogP contribution in [0.1, 0.15) is 41.6 Å². The van der Waals surface area contributed by atoms with Gasteiger partial charge in [0.1, 0.15) is 0 Å². The van der Waals surface area contributed by atoms with Gasteiger partial charge in [0, 0.05) is 13.0 Å². The molecule has 0 radical (unpaired) electrons. The van der Waals surface area contributed by atoms with E-state index in [2.05, 4.69) is 10.8 Å². The Balaban J connectivity index is 2.49. The molecule has 1 aromatic carbocycles. The number of aliphatic hydroxyl groups is 1. The summed E-state index contributed by atoms with van der Waals surface area (Å²) in [5.74, 6) is -0.135. The summed E-state index contributed by atoms with van der Waals surface area (Å²) >= 11 is 0. The maximum absolute atomic E-state index is 11.3. The Morgan fingerprint density at radius 1 is 1.35 bits per heavy atom. The molecule has 1 atom stereocenters. The van der Waals surface area contributed by atoms with Gasteiger partial charge in [-0.3, -0.25) is 0 Å². The molecule has 0 heterocycles. The summed E-state index contributed by atoms with van der Waals surface area (Å²) in [5.41, 5.74) is 1.63. The van der Waals surface area contributed by atoms with Crippen LogP contribution in [0.3, 0.4) is 0 Å². The van der Waals surface area contributed by atoms with Crippen molar-refractivity contribution in [2.24, 2.45) is 5.92 Å². The number of esters is 1. The third kappa shape index (κ3) is 5.41. The molecule has 0 aliphatic carbocycles. The Labute approximate surface area is 120 Å². The van der Waals surface area contributed by atoms with E-state index >= 15 is 0 Å². The van der Waals surface area contributed by atoms with E-state index in [1.165, 1.54) is 7.11 Å². The monoisotopic (exact) mass is 275 g/mol. The number of methoxy groups -OCH3 is 1. The van der Waals surface area contributed by atoms with Gasteiger partial charge in [-0.1, -0.05) is 18.6 Å². The first-order valence-electron chi connectivity index (χ1n) is 6.86. The molecule has 0 aromatic heterocycles. The van der Waals surface area contributed by atoms with Crippen molar-refractivity contribution in [2.45, 2.75) is 32.1 Å². The van der Waals surface area contributed by atoms with Gasteiger partial charge >= 0.3 is 5.97 Å². The Morgan fingerprint density at radius 2 is 2.05 bits per heavy atom. The second-order valence-corrected chi connectivity index (χ2v) is 4.85. The van der Waals surface area contributed by atoms with Gasteiger partial charge in [-0.25, -0.2) is 4.79 Å². The highest BCUT2D eigenvalue weighted by molar-refractivity contribution is 5.89. The zero-order valence-corrected chi connectivity index (χ0v) is 11.8. The van der Waals surface area contributed by atoms with Crippen LogP contribution in [0.2, 0.25) is 0 Å². The van der Waals surface area contributed by atoms with Gasteiger partial charge in [-0.15, -0.1) is 0 Å². The standard InChI is InChI=1S/C16H21NO3/c1-20-16(19)15-8-6-13(7-9-15)11-14(12-18)5-3-2-4-10-17/h6-9,14,18H,2-5,11-12H2,1H3. The molecule has 108 valence electrons. The van der Waals surface area contributed by atoms with E-state index in [9.17, 15) is 9.90 Å². The number of hydrogen-bond acceptors (Lipinski definition) is 4. The molecule has 1 unspecified atom stereocenters. The first-order chi connectivity index (χ1) is 9.71. The average molecular weight is 275 g/mol. The van der Waals surface area contributed by atoms with E-state index in [0.717, 1.165) is 31.2 Å². The average Bonchev–Trinajstić information content (AvgIpc) is 2.50. The number of carbonyl (C=O) groups is 1. The van der Waals surface area contributed by atoms with Crippen molar-refractivity contribution in [3.05, 3.63) is 35.4 Å². The van der Waals surface area contributed by atoms with Crippen LogP contribution >= 0.6 is 0 Å². The first kappa shape index (κ1) is 16.2. The molecule has 1 rings (SSSR count). The van der Waals surface area contributed by atoms with Crippen LogP contribution in [0.15, 0.2) is 24.3 Å². The maximum Gasteiger partial charge on any atom is 0.337 e. The summed E-state index contributed by atoms with van der Waals surface area (Å²) < 4.78 is 4.65. The van der Waals surface area contributed by atoms with Crippen LogP contribution in [-0.4, -0.2) is 24.8 Å². The number of nitriles is 1. The summed E-state index contributed by atoms with van der Waals surface area (Å²) in [5, 5.41) is 17.9. The van der Waals surface area contributed by atoms with Crippen molar-refractivity contribution in [3.63, 3.8) is 0 Å². The van der Waals surface area contributed by atoms with Crippen molar-refractivity contribution >= 4 is 5.97 Å². The summed E-state index contributed by atoms with van der Waals surface area (Å²) in [6.07, 6.45) is 4.11. The number of hydrogen-bond donors (Lipinski definition) is 1. The van der Waals surface area contributed by atoms with Crippen molar-refractivity contribution in [3.8, 4) is 6.07 Å². The highest BCUT2D eigenvalue weighted by Crippen LogP contribution is 2.16. The minimum Gasteiger partial charge on any atom is -0.465 e. The second kappa shape index (κ2) is 9.11. The molecule has 0 aliphatic heterocycles. The molecule has 1 N–H and O–H groups in total. The van der Waals surface area contributed by atoms with Crippen molar-refractivity contribution in [1.29, 1.82) is 5.26 Å². The molecule has 0 bridgehead atoms. The van der Waals surface area contributed by atoms with Gasteiger partial charge in [0.2, 0.25) is 0 Å². The first-order valence-corrected chi connectivity index (χ1v) is 6.86. The number of carbonyl (C=O) groups excluding carboxylic acids is 1. The molecular weight excluding hydrogens is 254 g/mol. The van der Waals surface area contributed by atoms with Crippen molar-refractivity contribution in [2.75, 3.05) is 13.7 Å². The smallest absolute Gasteiger partial charge is 0.337 e. The maximum atomic E-state index is 11.3. The fourth-order valence-electron chi connectivity index (χ4n) is 2.12. The number of unbranched alkanes of at least 4 members (excludes halogenated alkanes) is 2. The van der Waals surface area contributed by atoms with Crippen LogP contribution in [0, 0.1) is 17.2 Å². The summed E-state index contributed by atoms with van der Waals surface area (Å²) in [6.45, 7) is 0.144. The Kier molecular flexibility index (Phi) is 7.38. The van der Waals surface area contributed by atoms with Crippen LogP contribution in [0.5, 0.6) is 0 Å². The molecule has 0 fully saturated rings. The normalized spacial score (nSPS) is 11.7. The van der Waals surface area contributed by atoms with E-state index in [0.29, 0.717) is 12.0 Å². The lowest BCUT2D eigenvalue weighted by Gasteiger charge is -2.14. The van der Waals surface area contributed by atoms with E-state index in [4.69, 9.17) is 5.26 Å². The Morgan fingerprint density at radius 3 is 2.60 bits per heavy atom. The fourth-order valence-corrected chi connectivity index (χ4v) is 2.12. The molecule has 4 nitrogen and oxygen atoms in total. The Bertz CT molecular complexity index is 448. The zero-order chi connectivity index (χ0) is 14.8. The van der Waals surface area contributed by atoms with E-state index < -0.39 is 0 Å². The van der Waals surface area contributed by atoms with E-state index in [-0.39, 0.29) is 18.5 Å². The minimum atomic E-state index is -0.341. The highest BCUT2D eigenvalue weighted by Gasteiger charge is 2.10. The minimum absolute atomic E-state index is 0.144. The van der Waals surface area contributed by atoms with Crippen LogP contribution in [0.25, 0.3) is 0 Å². The summed E-state index contributed by atoms with van der Waals surface area (Å²) in [4.78, 5) is 11.3. The van der Waals surface area contributed by atoms with Crippen LogP contribution < -0.4 is 0 Å². The predicted molar refractivity (Wildman–Crippen MR) is 76.1 cm³/mol. The van der Waals surface area contributed by atoms with Crippen molar-refractivity contribution < 1.29 is 14.6 Å². The van der Waals surface area contributed by atoms with Gasteiger partial charge < -0.3 is 9.84 Å². The largest absolute Gasteiger partial charge is 0.465 e. The van der Waals surface area contributed by atoms with Crippen molar-refractivity contribution in [1.82, 2.24) is 0 Å². The third-order valence-electron chi connectivity index (χ3n) is 3.31. The highest BCUT2D eigenvalue weighted by atomic mass is 16.5.